The van der Waals surface area contributed by atoms with Crippen molar-refractivity contribution in [2.24, 2.45) is 5.92 Å². The van der Waals surface area contributed by atoms with Crippen molar-refractivity contribution in [2.75, 3.05) is 6.54 Å². The lowest BCUT2D eigenvalue weighted by atomic mass is 9.85. The fourth-order valence-corrected chi connectivity index (χ4v) is 1.81. The fraction of sp³-hybridized carbons (Fsp3) is 0.857. The van der Waals surface area contributed by atoms with Crippen LogP contribution in [0.25, 0.3) is 0 Å². The van der Waals surface area contributed by atoms with Gasteiger partial charge >= 0.3 is 0 Å². The van der Waals surface area contributed by atoms with Gasteiger partial charge < -0.3 is 5.21 Å². The van der Waals surface area contributed by atoms with Gasteiger partial charge in [-0.15, -0.1) is 0 Å². The van der Waals surface area contributed by atoms with E-state index in [1.54, 1.807) is 0 Å². The third-order valence-electron chi connectivity index (χ3n) is 2.46. The van der Waals surface area contributed by atoms with E-state index in [4.69, 9.17) is 0 Å². The van der Waals surface area contributed by atoms with Crippen LogP contribution in [-0.2, 0) is 0 Å². The Morgan fingerprint density at radius 1 is 1.33 bits per heavy atom. The number of nitrogens with zero attached hydrogens (tertiary/aromatic N) is 1. The molecular weight excluding hydrogens is 114 g/mol. The van der Waals surface area contributed by atoms with E-state index in [0.29, 0.717) is 0 Å². The van der Waals surface area contributed by atoms with Crippen LogP contribution >= 0.6 is 0 Å². The van der Waals surface area contributed by atoms with Crippen molar-refractivity contribution < 1.29 is 4.74 Å². The standard InChI is InChI=1S/C7H11NO/c9-8-5-6-1-3-7(8)4-2-6/h6H,1-5H2. The van der Waals surface area contributed by atoms with Crippen LogP contribution in [0.5, 0.6) is 0 Å². The molecule has 0 aromatic rings. The molecule has 50 valence electrons. The molecule has 0 atom stereocenters. The van der Waals surface area contributed by atoms with Crippen molar-refractivity contribution in [1.82, 2.24) is 0 Å². The molecule has 0 aromatic carbocycles. The van der Waals surface area contributed by atoms with Crippen LogP contribution < -0.4 is 0 Å². The summed E-state index contributed by atoms with van der Waals surface area (Å²) in [5, 5.41) is 10.9. The number of rotatable bonds is 0. The van der Waals surface area contributed by atoms with Gasteiger partial charge in [0.05, 0.1) is 0 Å². The molecule has 3 rings (SSSR count). The minimum atomic E-state index is 0.722. The van der Waals surface area contributed by atoms with Gasteiger partial charge in [0.15, 0.2) is 12.3 Å². The van der Waals surface area contributed by atoms with Crippen LogP contribution in [0.1, 0.15) is 25.7 Å². The molecule has 0 unspecified atom stereocenters. The van der Waals surface area contributed by atoms with E-state index < -0.39 is 0 Å². The summed E-state index contributed by atoms with van der Waals surface area (Å²) in [4.78, 5) is 0. The van der Waals surface area contributed by atoms with E-state index in [1.807, 2.05) is 0 Å². The van der Waals surface area contributed by atoms with E-state index in [2.05, 4.69) is 0 Å². The average Bonchev–Trinajstić information content (AvgIpc) is 1.90. The van der Waals surface area contributed by atoms with Gasteiger partial charge in [-0.3, -0.25) is 0 Å². The average molecular weight is 125 g/mol. The van der Waals surface area contributed by atoms with Crippen LogP contribution in [0.3, 0.4) is 0 Å². The van der Waals surface area contributed by atoms with Gasteiger partial charge in [-0.1, -0.05) is 0 Å². The van der Waals surface area contributed by atoms with Crippen molar-refractivity contribution in [3.63, 3.8) is 0 Å². The van der Waals surface area contributed by atoms with Crippen molar-refractivity contribution >= 4 is 5.71 Å². The third-order valence-corrected chi connectivity index (χ3v) is 2.46. The molecule has 1 saturated carbocycles. The molecule has 0 N–H and O–H groups in total. The zero-order valence-corrected chi connectivity index (χ0v) is 5.47. The first-order valence-electron chi connectivity index (χ1n) is 3.65. The normalized spacial score (nSPS) is 27.6. The molecule has 0 spiro atoms. The maximum Gasteiger partial charge on any atom is 0.163 e. The Labute approximate surface area is 54.8 Å². The molecule has 3 aliphatic rings. The molecule has 2 heterocycles. The summed E-state index contributed by atoms with van der Waals surface area (Å²) in [7, 11) is 0. The lowest BCUT2D eigenvalue weighted by molar-refractivity contribution is -0.480. The molecule has 0 aromatic heterocycles. The summed E-state index contributed by atoms with van der Waals surface area (Å²) in [5.41, 5.74) is 1.15. The highest BCUT2D eigenvalue weighted by molar-refractivity contribution is 5.81. The maximum atomic E-state index is 10.9. The Morgan fingerprint density at radius 2 is 2.00 bits per heavy atom. The summed E-state index contributed by atoms with van der Waals surface area (Å²) in [6.45, 7) is 0.787. The number of fused-ring (bicyclic) bond motifs is 3. The number of hydrogen-bond donors (Lipinski definition) is 0. The Balaban J connectivity index is 2.29. The van der Waals surface area contributed by atoms with E-state index in [0.717, 1.165) is 31.0 Å². The van der Waals surface area contributed by atoms with Crippen LogP contribution in [0.15, 0.2) is 0 Å². The first-order chi connectivity index (χ1) is 4.36. The molecule has 1 aliphatic carbocycles. The van der Waals surface area contributed by atoms with Crippen molar-refractivity contribution in [1.29, 1.82) is 0 Å². The Bertz CT molecular complexity index is 152. The molecule has 1 fully saturated rings. The smallest absolute Gasteiger partial charge is 0.163 e. The molecule has 0 amide bonds. The summed E-state index contributed by atoms with van der Waals surface area (Å²) in [5.74, 6) is 0.722. The van der Waals surface area contributed by atoms with E-state index in [1.165, 1.54) is 17.6 Å². The van der Waals surface area contributed by atoms with Crippen LogP contribution in [0.2, 0.25) is 0 Å². The van der Waals surface area contributed by atoms with E-state index in [9.17, 15) is 5.21 Å². The molecule has 0 radical (unpaired) electrons. The van der Waals surface area contributed by atoms with Crippen LogP contribution in [0, 0.1) is 11.1 Å². The van der Waals surface area contributed by atoms with Crippen molar-refractivity contribution in [2.45, 2.75) is 25.7 Å². The van der Waals surface area contributed by atoms with Gasteiger partial charge in [0.1, 0.15) is 0 Å². The van der Waals surface area contributed by atoms with Crippen molar-refractivity contribution in [3.05, 3.63) is 5.21 Å². The SMILES string of the molecule is [O-][N+]1=C2CCC(CC2)C1. The molecular formula is C7H11NO. The highest BCUT2D eigenvalue weighted by atomic mass is 16.5. The van der Waals surface area contributed by atoms with Gasteiger partial charge in [0, 0.05) is 18.8 Å². The van der Waals surface area contributed by atoms with Gasteiger partial charge in [-0.25, -0.2) is 4.74 Å². The lowest BCUT2D eigenvalue weighted by Gasteiger charge is -2.28. The summed E-state index contributed by atoms with van der Waals surface area (Å²) in [6, 6.07) is 0. The second kappa shape index (κ2) is 1.72. The van der Waals surface area contributed by atoms with Crippen molar-refractivity contribution in [3.8, 4) is 0 Å². The summed E-state index contributed by atoms with van der Waals surface area (Å²) < 4.78 is 1.21. The maximum absolute atomic E-state index is 10.9. The van der Waals surface area contributed by atoms with Crippen LogP contribution in [0.4, 0.5) is 0 Å². The Morgan fingerprint density at radius 3 is 2.22 bits per heavy atom. The summed E-state index contributed by atoms with van der Waals surface area (Å²) in [6.07, 6.45) is 4.70. The third kappa shape index (κ3) is 0.732. The molecule has 2 nitrogen and oxygen atoms in total. The quantitative estimate of drug-likeness (QED) is 0.352. The topological polar surface area (TPSA) is 26.1 Å². The van der Waals surface area contributed by atoms with E-state index >= 15 is 0 Å². The van der Waals surface area contributed by atoms with Gasteiger partial charge in [-0.2, -0.15) is 0 Å². The lowest BCUT2D eigenvalue weighted by Crippen LogP contribution is -2.34. The zero-order chi connectivity index (χ0) is 6.27. The van der Waals surface area contributed by atoms with E-state index in [-0.39, 0.29) is 0 Å². The van der Waals surface area contributed by atoms with Gasteiger partial charge in [-0.05, 0) is 12.8 Å². The predicted octanol–water partition coefficient (Wildman–Crippen LogP) is 1.14. The fourth-order valence-electron chi connectivity index (χ4n) is 1.81. The Hall–Kier alpha value is -0.530. The highest BCUT2D eigenvalue weighted by Gasteiger charge is 2.29. The first-order valence-corrected chi connectivity index (χ1v) is 3.65. The largest absolute Gasteiger partial charge is 0.624 e. The highest BCUT2D eigenvalue weighted by Crippen LogP contribution is 2.26. The monoisotopic (exact) mass is 125 g/mol. The molecule has 2 bridgehead atoms. The number of hydrogen-bond acceptors (Lipinski definition) is 1. The van der Waals surface area contributed by atoms with Gasteiger partial charge in [0.2, 0.25) is 0 Å². The predicted molar refractivity (Wildman–Crippen MR) is 35.5 cm³/mol. The molecule has 0 saturated heterocycles. The van der Waals surface area contributed by atoms with Gasteiger partial charge in [0.25, 0.3) is 0 Å². The second-order valence-corrected chi connectivity index (χ2v) is 3.07. The van der Waals surface area contributed by atoms with Crippen LogP contribution in [-0.4, -0.2) is 17.0 Å². The Kier molecular flexibility index (Phi) is 1.01. The molecule has 9 heavy (non-hydrogen) atoms. The molecule has 2 heteroatoms. The minimum Gasteiger partial charge on any atom is -0.624 e. The number of hydroxylamine groups is 1. The zero-order valence-electron chi connectivity index (χ0n) is 5.47. The minimum absolute atomic E-state index is 0.722. The second-order valence-electron chi connectivity index (χ2n) is 3.07. The first kappa shape index (κ1) is 5.27. The molecule has 2 aliphatic heterocycles. The summed E-state index contributed by atoms with van der Waals surface area (Å²) >= 11 is 0.